The molecule has 2 heterocycles. The SMILES string of the molecule is NC(Cc1ccc(Br)s1)c1ccccn1. The molecule has 0 radical (unpaired) electrons. The summed E-state index contributed by atoms with van der Waals surface area (Å²) < 4.78 is 1.14. The van der Waals surface area contributed by atoms with Crippen molar-refractivity contribution in [2.75, 3.05) is 0 Å². The first-order valence-electron chi connectivity index (χ1n) is 4.66. The van der Waals surface area contributed by atoms with Gasteiger partial charge in [-0.25, -0.2) is 0 Å². The Bertz CT molecular complexity index is 427. The van der Waals surface area contributed by atoms with Gasteiger partial charge >= 0.3 is 0 Å². The van der Waals surface area contributed by atoms with Gasteiger partial charge < -0.3 is 5.73 Å². The van der Waals surface area contributed by atoms with Gasteiger partial charge in [0.05, 0.1) is 15.5 Å². The second kappa shape index (κ2) is 4.88. The van der Waals surface area contributed by atoms with E-state index in [0.29, 0.717) is 0 Å². The molecular weight excluding hydrogens is 272 g/mol. The summed E-state index contributed by atoms with van der Waals surface area (Å²) in [5.74, 6) is 0. The molecule has 15 heavy (non-hydrogen) atoms. The number of nitrogens with two attached hydrogens (primary N) is 1. The number of aromatic nitrogens is 1. The molecular formula is C11H11BrN2S. The van der Waals surface area contributed by atoms with Gasteiger partial charge in [0, 0.05) is 17.5 Å². The molecule has 2 rings (SSSR count). The normalized spacial score (nSPS) is 12.7. The molecule has 0 spiro atoms. The quantitative estimate of drug-likeness (QED) is 0.939. The maximum atomic E-state index is 6.07. The lowest BCUT2D eigenvalue weighted by atomic mass is 10.1. The zero-order valence-electron chi connectivity index (χ0n) is 8.06. The average molecular weight is 283 g/mol. The van der Waals surface area contributed by atoms with Gasteiger partial charge in [-0.1, -0.05) is 6.07 Å². The number of rotatable bonds is 3. The van der Waals surface area contributed by atoms with E-state index in [9.17, 15) is 0 Å². The molecule has 4 heteroatoms. The smallest absolute Gasteiger partial charge is 0.0701 e. The minimum Gasteiger partial charge on any atom is -0.322 e. The molecule has 2 nitrogen and oxygen atoms in total. The highest BCUT2D eigenvalue weighted by Crippen LogP contribution is 2.25. The monoisotopic (exact) mass is 282 g/mol. The van der Waals surface area contributed by atoms with E-state index in [-0.39, 0.29) is 6.04 Å². The van der Waals surface area contributed by atoms with Crippen LogP contribution in [0.15, 0.2) is 40.3 Å². The molecule has 78 valence electrons. The van der Waals surface area contributed by atoms with Crippen LogP contribution >= 0.6 is 27.3 Å². The minimum atomic E-state index is -0.0169. The molecule has 0 aliphatic carbocycles. The summed E-state index contributed by atoms with van der Waals surface area (Å²) in [4.78, 5) is 5.53. The van der Waals surface area contributed by atoms with E-state index in [4.69, 9.17) is 5.73 Å². The molecule has 2 aromatic heterocycles. The lowest BCUT2D eigenvalue weighted by molar-refractivity contribution is 0.704. The van der Waals surface area contributed by atoms with E-state index in [1.165, 1.54) is 4.88 Å². The molecule has 1 unspecified atom stereocenters. The summed E-state index contributed by atoms with van der Waals surface area (Å²) in [5, 5.41) is 0. The van der Waals surface area contributed by atoms with Gasteiger partial charge in [-0.2, -0.15) is 0 Å². The van der Waals surface area contributed by atoms with Crippen molar-refractivity contribution in [3.63, 3.8) is 0 Å². The van der Waals surface area contributed by atoms with E-state index in [2.05, 4.69) is 27.0 Å². The Kier molecular flexibility index (Phi) is 3.51. The van der Waals surface area contributed by atoms with Crippen LogP contribution in [0.25, 0.3) is 0 Å². The summed E-state index contributed by atoms with van der Waals surface area (Å²) >= 11 is 5.16. The first kappa shape index (κ1) is 10.8. The van der Waals surface area contributed by atoms with Crippen LogP contribution in [0.1, 0.15) is 16.6 Å². The van der Waals surface area contributed by atoms with Crippen molar-refractivity contribution in [3.05, 3.63) is 50.9 Å². The Hall–Kier alpha value is -0.710. The molecule has 0 saturated carbocycles. The maximum absolute atomic E-state index is 6.07. The van der Waals surface area contributed by atoms with Gasteiger partial charge in [-0.15, -0.1) is 11.3 Å². The zero-order chi connectivity index (χ0) is 10.7. The predicted molar refractivity (Wildman–Crippen MR) is 66.9 cm³/mol. The molecule has 0 saturated heterocycles. The topological polar surface area (TPSA) is 38.9 Å². The van der Waals surface area contributed by atoms with E-state index in [1.807, 2.05) is 24.3 Å². The van der Waals surface area contributed by atoms with Crippen molar-refractivity contribution in [1.29, 1.82) is 0 Å². The van der Waals surface area contributed by atoms with Gasteiger partial charge in [0.25, 0.3) is 0 Å². The van der Waals surface area contributed by atoms with Crippen LogP contribution in [-0.4, -0.2) is 4.98 Å². The maximum Gasteiger partial charge on any atom is 0.0701 e. The van der Waals surface area contributed by atoms with Crippen molar-refractivity contribution in [2.45, 2.75) is 12.5 Å². The molecule has 0 amide bonds. The van der Waals surface area contributed by atoms with Crippen molar-refractivity contribution < 1.29 is 0 Å². The first-order valence-corrected chi connectivity index (χ1v) is 6.27. The third-order valence-electron chi connectivity index (χ3n) is 2.12. The summed E-state index contributed by atoms with van der Waals surface area (Å²) in [6.07, 6.45) is 2.62. The molecule has 0 aromatic carbocycles. The van der Waals surface area contributed by atoms with E-state index in [0.717, 1.165) is 15.9 Å². The average Bonchev–Trinajstić information content (AvgIpc) is 2.65. The third-order valence-corrected chi connectivity index (χ3v) is 3.76. The van der Waals surface area contributed by atoms with Crippen molar-refractivity contribution in [3.8, 4) is 0 Å². The van der Waals surface area contributed by atoms with Crippen molar-refractivity contribution >= 4 is 27.3 Å². The van der Waals surface area contributed by atoms with Crippen LogP contribution in [0.2, 0.25) is 0 Å². The van der Waals surface area contributed by atoms with Gasteiger partial charge in [0.1, 0.15) is 0 Å². The first-order chi connectivity index (χ1) is 7.25. The van der Waals surface area contributed by atoms with Crippen molar-refractivity contribution in [1.82, 2.24) is 4.98 Å². The van der Waals surface area contributed by atoms with Crippen LogP contribution in [0, 0.1) is 0 Å². The third kappa shape index (κ3) is 2.87. The predicted octanol–water partition coefficient (Wildman–Crippen LogP) is 3.15. The van der Waals surface area contributed by atoms with Gasteiger partial charge in [0.15, 0.2) is 0 Å². The summed E-state index contributed by atoms with van der Waals surface area (Å²) in [6, 6.07) is 9.96. The summed E-state index contributed by atoms with van der Waals surface area (Å²) in [7, 11) is 0. The highest BCUT2D eigenvalue weighted by atomic mass is 79.9. The van der Waals surface area contributed by atoms with E-state index >= 15 is 0 Å². The molecule has 0 bridgehead atoms. The highest BCUT2D eigenvalue weighted by Gasteiger charge is 2.09. The van der Waals surface area contributed by atoms with Crippen LogP contribution < -0.4 is 5.73 Å². The fourth-order valence-corrected chi connectivity index (χ4v) is 2.92. The standard InChI is InChI=1S/C11H11BrN2S/c12-11-5-4-8(15-11)7-9(13)10-3-1-2-6-14-10/h1-6,9H,7,13H2. The number of halogens is 1. The molecule has 2 N–H and O–H groups in total. The summed E-state index contributed by atoms with van der Waals surface area (Å²) in [5.41, 5.74) is 7.01. The number of hydrogen-bond donors (Lipinski definition) is 1. The van der Waals surface area contributed by atoms with E-state index in [1.54, 1.807) is 17.5 Å². The van der Waals surface area contributed by atoms with Gasteiger partial charge in [0.2, 0.25) is 0 Å². The van der Waals surface area contributed by atoms with Crippen LogP contribution in [-0.2, 0) is 6.42 Å². The number of nitrogens with zero attached hydrogens (tertiary/aromatic N) is 1. The Morgan fingerprint density at radius 3 is 2.80 bits per heavy atom. The van der Waals surface area contributed by atoms with Gasteiger partial charge in [-0.3, -0.25) is 4.98 Å². The second-order valence-corrected chi connectivity index (χ2v) is 5.82. The Morgan fingerprint density at radius 2 is 2.20 bits per heavy atom. The fourth-order valence-electron chi connectivity index (χ4n) is 1.38. The Morgan fingerprint density at radius 1 is 1.33 bits per heavy atom. The largest absolute Gasteiger partial charge is 0.322 e. The van der Waals surface area contributed by atoms with Crippen LogP contribution in [0.4, 0.5) is 0 Å². The molecule has 0 aliphatic rings. The lowest BCUT2D eigenvalue weighted by Crippen LogP contribution is -2.13. The Labute approximate surface area is 101 Å². The van der Waals surface area contributed by atoms with Crippen molar-refractivity contribution in [2.24, 2.45) is 5.73 Å². The molecule has 0 aliphatic heterocycles. The second-order valence-electron chi connectivity index (χ2n) is 3.27. The highest BCUT2D eigenvalue weighted by molar-refractivity contribution is 9.11. The number of thiophene rings is 1. The van der Waals surface area contributed by atoms with Gasteiger partial charge in [-0.05, 0) is 40.2 Å². The zero-order valence-corrected chi connectivity index (χ0v) is 10.5. The molecule has 0 fully saturated rings. The van der Waals surface area contributed by atoms with E-state index < -0.39 is 0 Å². The number of hydrogen-bond acceptors (Lipinski definition) is 3. The Balaban J connectivity index is 2.07. The fraction of sp³-hybridized carbons (Fsp3) is 0.182. The van der Waals surface area contributed by atoms with Crippen LogP contribution in [0.5, 0.6) is 0 Å². The van der Waals surface area contributed by atoms with Crippen LogP contribution in [0.3, 0.4) is 0 Å². The lowest BCUT2D eigenvalue weighted by Gasteiger charge is -2.08. The molecule has 2 aromatic rings. The molecule has 1 atom stereocenters. The summed E-state index contributed by atoms with van der Waals surface area (Å²) in [6.45, 7) is 0. The minimum absolute atomic E-state index is 0.0169. The number of pyridine rings is 1.